The summed E-state index contributed by atoms with van der Waals surface area (Å²) in [6.07, 6.45) is 2.02. The summed E-state index contributed by atoms with van der Waals surface area (Å²) < 4.78 is 1.40. The van der Waals surface area contributed by atoms with Gasteiger partial charge in [-0.2, -0.15) is 9.78 Å². The Kier molecular flexibility index (Phi) is 5.27. The number of aromatic nitrogens is 2. The Bertz CT molecular complexity index is 1120. The third kappa shape index (κ3) is 4.35. The molecule has 2 amide bonds. The molecule has 3 N–H and O–H groups in total. The number of aromatic hydroxyl groups is 1. The number of hydrogen-bond acceptors (Lipinski definition) is 4. The summed E-state index contributed by atoms with van der Waals surface area (Å²) in [4.78, 5) is 24.2. The molecule has 7 nitrogen and oxygen atoms in total. The fourth-order valence-electron chi connectivity index (χ4n) is 3.46. The molecule has 4 rings (SSSR count). The molecule has 3 aromatic rings. The van der Waals surface area contributed by atoms with Gasteiger partial charge in [-0.15, -0.1) is 0 Å². The van der Waals surface area contributed by atoms with Gasteiger partial charge in [-0.3, -0.25) is 4.79 Å². The number of benzene rings is 2. The molecule has 0 atom stereocenters. The van der Waals surface area contributed by atoms with E-state index in [0.717, 1.165) is 29.7 Å². The summed E-state index contributed by atoms with van der Waals surface area (Å²) >= 11 is 0. The van der Waals surface area contributed by atoms with Crippen molar-refractivity contribution >= 4 is 17.6 Å². The highest BCUT2D eigenvalue weighted by atomic mass is 16.3. The van der Waals surface area contributed by atoms with E-state index in [9.17, 15) is 14.7 Å². The highest BCUT2D eigenvalue weighted by molar-refractivity contribution is 5.90. The molecular weight excluding hydrogens is 380 g/mol. The van der Waals surface area contributed by atoms with Gasteiger partial charge >= 0.3 is 6.03 Å². The highest BCUT2D eigenvalue weighted by Crippen LogP contribution is 2.42. The van der Waals surface area contributed by atoms with Crippen LogP contribution in [0.4, 0.5) is 10.5 Å². The van der Waals surface area contributed by atoms with Crippen molar-refractivity contribution in [1.82, 2.24) is 15.1 Å². The first-order valence-corrected chi connectivity index (χ1v) is 9.95. The molecule has 154 valence electrons. The van der Waals surface area contributed by atoms with Gasteiger partial charge < -0.3 is 15.7 Å². The molecule has 0 aliphatic heterocycles. The molecule has 0 saturated heterocycles. The molecule has 0 spiro atoms. The van der Waals surface area contributed by atoms with Crippen LogP contribution in [-0.4, -0.2) is 26.8 Å². The number of rotatable bonds is 5. The fraction of sp³-hybridized carbons (Fsp3) is 0.261. The van der Waals surface area contributed by atoms with Gasteiger partial charge in [0.05, 0.1) is 11.4 Å². The minimum absolute atomic E-state index is 0.0382. The van der Waals surface area contributed by atoms with Gasteiger partial charge in [0.25, 0.3) is 0 Å². The van der Waals surface area contributed by atoms with Crippen LogP contribution in [0.1, 0.15) is 42.5 Å². The van der Waals surface area contributed by atoms with Crippen molar-refractivity contribution in [1.29, 1.82) is 0 Å². The average Bonchev–Trinajstić information content (AvgIpc) is 3.46. The lowest BCUT2D eigenvalue weighted by molar-refractivity contribution is -0.114. The van der Waals surface area contributed by atoms with Gasteiger partial charge in [0, 0.05) is 30.6 Å². The Morgan fingerprint density at radius 2 is 1.97 bits per heavy atom. The monoisotopic (exact) mass is 404 g/mol. The minimum Gasteiger partial charge on any atom is -0.507 e. The molecular formula is C23H24N4O3. The zero-order valence-electron chi connectivity index (χ0n) is 17.0. The maximum Gasteiger partial charge on any atom is 0.342 e. The number of anilines is 1. The van der Waals surface area contributed by atoms with Crippen molar-refractivity contribution in [3.05, 3.63) is 65.4 Å². The van der Waals surface area contributed by atoms with Crippen molar-refractivity contribution in [3.8, 4) is 17.0 Å². The number of hydrogen-bond donors (Lipinski definition) is 3. The molecule has 0 unspecified atom stereocenters. The number of phenolic OH excluding ortho intramolecular Hbond substituents is 1. The van der Waals surface area contributed by atoms with Gasteiger partial charge in [0.1, 0.15) is 5.75 Å². The smallest absolute Gasteiger partial charge is 0.342 e. The molecule has 30 heavy (non-hydrogen) atoms. The molecule has 7 heteroatoms. The fourth-order valence-corrected chi connectivity index (χ4v) is 3.46. The Hall–Kier alpha value is -3.61. The number of carbonyl (C=O) groups excluding carboxylic acids is 2. The lowest BCUT2D eigenvalue weighted by atomic mass is 10.1. The van der Waals surface area contributed by atoms with Crippen molar-refractivity contribution in [2.24, 2.45) is 0 Å². The lowest BCUT2D eigenvalue weighted by Gasteiger charge is -2.08. The van der Waals surface area contributed by atoms with Gasteiger partial charge in [-0.05, 0) is 49.6 Å². The quantitative estimate of drug-likeness (QED) is 0.557. The molecule has 1 aliphatic carbocycles. The number of amides is 2. The van der Waals surface area contributed by atoms with Crippen LogP contribution < -0.4 is 10.6 Å². The normalized spacial score (nSPS) is 13.1. The summed E-state index contributed by atoms with van der Waals surface area (Å²) in [6.45, 7) is 3.84. The summed E-state index contributed by atoms with van der Waals surface area (Å²) in [7, 11) is 0. The maximum absolute atomic E-state index is 12.9. The predicted molar refractivity (Wildman–Crippen MR) is 114 cm³/mol. The van der Waals surface area contributed by atoms with Crippen LogP contribution in [0.2, 0.25) is 0 Å². The average molecular weight is 404 g/mol. The number of phenols is 1. The first-order chi connectivity index (χ1) is 14.4. The summed E-state index contributed by atoms with van der Waals surface area (Å²) in [5, 5.41) is 20.4. The van der Waals surface area contributed by atoms with Crippen LogP contribution >= 0.6 is 0 Å². The molecule has 0 radical (unpaired) electrons. The van der Waals surface area contributed by atoms with E-state index in [1.165, 1.54) is 17.7 Å². The van der Waals surface area contributed by atoms with E-state index in [1.54, 1.807) is 12.1 Å². The SMILES string of the molecule is CC(=O)Nc1ccc(O)c(-c2cc(C3CC3)n(C(=O)NCc3cccc(C)c3)n2)c1. The van der Waals surface area contributed by atoms with E-state index in [4.69, 9.17) is 0 Å². The minimum atomic E-state index is -0.304. The second kappa shape index (κ2) is 8.02. The van der Waals surface area contributed by atoms with Crippen LogP contribution in [0.15, 0.2) is 48.5 Å². The Morgan fingerprint density at radius 3 is 2.67 bits per heavy atom. The Balaban J connectivity index is 1.61. The van der Waals surface area contributed by atoms with Gasteiger partial charge in [-0.25, -0.2) is 4.79 Å². The number of nitrogens with zero attached hydrogens (tertiary/aromatic N) is 2. The summed E-state index contributed by atoms with van der Waals surface area (Å²) in [6, 6.07) is 14.3. The van der Waals surface area contributed by atoms with E-state index in [1.807, 2.05) is 37.3 Å². The van der Waals surface area contributed by atoms with Gasteiger partial charge in [-0.1, -0.05) is 29.8 Å². The van der Waals surface area contributed by atoms with Gasteiger partial charge in [0.2, 0.25) is 5.91 Å². The number of aryl methyl sites for hydroxylation is 1. The van der Waals surface area contributed by atoms with E-state index >= 15 is 0 Å². The molecule has 1 aromatic heterocycles. The Morgan fingerprint density at radius 1 is 1.17 bits per heavy atom. The van der Waals surface area contributed by atoms with E-state index in [0.29, 0.717) is 23.5 Å². The zero-order valence-corrected chi connectivity index (χ0v) is 17.0. The third-order valence-electron chi connectivity index (χ3n) is 5.04. The van der Waals surface area contributed by atoms with E-state index < -0.39 is 0 Å². The van der Waals surface area contributed by atoms with Crippen LogP contribution in [-0.2, 0) is 11.3 Å². The summed E-state index contributed by atoms with van der Waals surface area (Å²) in [5.74, 6) is 0.124. The molecule has 1 heterocycles. The predicted octanol–water partition coefficient (Wildman–Crippen LogP) is 4.16. The number of carbonyl (C=O) groups is 2. The maximum atomic E-state index is 12.9. The molecule has 1 saturated carbocycles. The molecule has 1 fully saturated rings. The van der Waals surface area contributed by atoms with Crippen LogP contribution in [0.25, 0.3) is 11.3 Å². The third-order valence-corrected chi connectivity index (χ3v) is 5.04. The van der Waals surface area contributed by atoms with E-state index in [-0.39, 0.29) is 23.6 Å². The molecule has 2 aromatic carbocycles. The molecule has 1 aliphatic rings. The standard InChI is InChI=1S/C23H24N4O3/c1-14-4-3-5-16(10-14)13-24-23(30)27-21(17-6-7-17)12-20(26-27)19-11-18(25-15(2)28)8-9-22(19)29/h3-5,8-12,17,29H,6-7,13H2,1-2H3,(H,24,30)(H,25,28). The first kappa shape index (κ1) is 19.7. The van der Waals surface area contributed by atoms with E-state index in [2.05, 4.69) is 15.7 Å². The second-order valence-corrected chi connectivity index (χ2v) is 7.70. The first-order valence-electron chi connectivity index (χ1n) is 9.95. The number of nitrogens with one attached hydrogen (secondary N) is 2. The van der Waals surface area contributed by atoms with Crippen molar-refractivity contribution in [2.45, 2.75) is 39.2 Å². The second-order valence-electron chi connectivity index (χ2n) is 7.70. The van der Waals surface area contributed by atoms with Crippen LogP contribution in [0.3, 0.4) is 0 Å². The highest BCUT2D eigenvalue weighted by Gasteiger charge is 2.30. The van der Waals surface area contributed by atoms with Crippen LogP contribution in [0, 0.1) is 6.92 Å². The van der Waals surface area contributed by atoms with Crippen LogP contribution in [0.5, 0.6) is 5.75 Å². The Labute approximate surface area is 174 Å². The zero-order chi connectivity index (χ0) is 21.3. The van der Waals surface area contributed by atoms with Crippen molar-refractivity contribution in [2.75, 3.05) is 5.32 Å². The summed E-state index contributed by atoms with van der Waals surface area (Å²) in [5.41, 5.74) is 4.50. The molecule has 0 bridgehead atoms. The lowest BCUT2D eigenvalue weighted by Crippen LogP contribution is -2.30. The van der Waals surface area contributed by atoms with Crippen molar-refractivity contribution in [3.63, 3.8) is 0 Å². The van der Waals surface area contributed by atoms with Gasteiger partial charge in [0.15, 0.2) is 0 Å². The van der Waals surface area contributed by atoms with Crippen molar-refractivity contribution < 1.29 is 14.7 Å². The topological polar surface area (TPSA) is 96.2 Å². The largest absolute Gasteiger partial charge is 0.507 e.